The normalized spacial score (nSPS) is 15.5. The van der Waals surface area contributed by atoms with Gasteiger partial charge in [0.2, 0.25) is 0 Å². The third-order valence-electron chi connectivity index (χ3n) is 7.33. The lowest BCUT2D eigenvalue weighted by Gasteiger charge is -2.27. The average Bonchev–Trinajstić information content (AvgIpc) is 3.62. The van der Waals surface area contributed by atoms with Gasteiger partial charge >= 0.3 is 0 Å². The molecule has 3 heterocycles. The van der Waals surface area contributed by atoms with E-state index >= 15 is 0 Å². The summed E-state index contributed by atoms with van der Waals surface area (Å²) < 4.78 is 34.7. The number of carbonyl (C=O) groups excluding carboxylic acids is 1. The summed E-state index contributed by atoms with van der Waals surface area (Å²) in [5, 5.41) is 1.11. The second-order valence-electron chi connectivity index (χ2n) is 9.83. The maximum absolute atomic E-state index is 13.8. The first-order chi connectivity index (χ1) is 19.4. The minimum Gasteiger partial charge on any atom is -0.379 e. The van der Waals surface area contributed by atoms with Gasteiger partial charge in [0.05, 0.1) is 33.5 Å². The monoisotopic (exact) mass is 632 g/mol. The van der Waals surface area contributed by atoms with Crippen LogP contribution in [-0.4, -0.2) is 70.1 Å². The summed E-state index contributed by atoms with van der Waals surface area (Å²) in [4.78, 5) is 22.7. The zero-order valence-corrected chi connectivity index (χ0v) is 25.4. The molecule has 2 aliphatic rings. The van der Waals surface area contributed by atoms with Crippen LogP contribution in [0, 0.1) is 0 Å². The van der Waals surface area contributed by atoms with Crippen molar-refractivity contribution in [2.24, 2.45) is 0 Å². The Morgan fingerprint density at radius 1 is 1.00 bits per heavy atom. The fourth-order valence-corrected chi connectivity index (χ4v) is 7.98. The van der Waals surface area contributed by atoms with Gasteiger partial charge in [-0.25, -0.2) is 13.4 Å². The number of anilines is 2. The van der Waals surface area contributed by atoms with Crippen molar-refractivity contribution >= 4 is 72.3 Å². The highest BCUT2D eigenvalue weighted by Crippen LogP contribution is 2.35. The molecule has 0 bridgehead atoms. The summed E-state index contributed by atoms with van der Waals surface area (Å²) in [7, 11) is -3.75. The van der Waals surface area contributed by atoms with Gasteiger partial charge in [0.15, 0.2) is 5.13 Å². The fourth-order valence-electron chi connectivity index (χ4n) is 5.19. The van der Waals surface area contributed by atoms with Gasteiger partial charge in [-0.1, -0.05) is 47.2 Å². The van der Waals surface area contributed by atoms with Crippen molar-refractivity contribution in [2.75, 3.05) is 55.1 Å². The molecule has 12 heteroatoms. The summed E-state index contributed by atoms with van der Waals surface area (Å²) in [6.45, 7) is 4.91. The summed E-state index contributed by atoms with van der Waals surface area (Å²) in [6, 6.07) is 19.4. The predicted octanol–water partition coefficient (Wildman–Crippen LogP) is 5.49. The number of nitrogens with zero attached hydrogens (tertiary/aromatic N) is 4. The number of morpholine rings is 1. The van der Waals surface area contributed by atoms with Crippen LogP contribution in [0.1, 0.15) is 22.3 Å². The van der Waals surface area contributed by atoms with Crippen LogP contribution in [0.15, 0.2) is 71.6 Å². The number of sulfonamides is 1. The van der Waals surface area contributed by atoms with Crippen molar-refractivity contribution in [1.29, 1.82) is 0 Å². The first-order valence-electron chi connectivity index (χ1n) is 13.3. The molecule has 1 fully saturated rings. The molecule has 1 amide bonds. The molecular formula is C29H30Cl2N4O4S2. The lowest BCUT2D eigenvalue weighted by atomic mass is 10.2. The predicted molar refractivity (Wildman–Crippen MR) is 167 cm³/mol. The zero-order chi connectivity index (χ0) is 27.7. The van der Waals surface area contributed by atoms with E-state index in [0.717, 1.165) is 49.5 Å². The maximum Gasteiger partial charge on any atom is 0.264 e. The number of halogens is 2. The summed E-state index contributed by atoms with van der Waals surface area (Å²) in [5.74, 6) is -0.229. The summed E-state index contributed by atoms with van der Waals surface area (Å²) in [6.07, 6.45) is 1.44. The van der Waals surface area contributed by atoms with Gasteiger partial charge in [0, 0.05) is 38.3 Å². The molecule has 2 aliphatic heterocycles. The van der Waals surface area contributed by atoms with Crippen molar-refractivity contribution in [2.45, 2.75) is 17.7 Å². The highest BCUT2D eigenvalue weighted by atomic mass is 35.5. The third-order valence-corrected chi connectivity index (χ3v) is 10.5. The molecule has 6 rings (SSSR count). The minimum absolute atomic E-state index is 0. The van der Waals surface area contributed by atoms with Crippen LogP contribution >= 0.6 is 35.3 Å². The number of para-hydroxylation sites is 2. The molecule has 41 heavy (non-hydrogen) atoms. The molecule has 0 saturated carbocycles. The number of fused-ring (bicyclic) bond motifs is 2. The number of carbonyl (C=O) groups is 1. The highest BCUT2D eigenvalue weighted by Gasteiger charge is 2.31. The van der Waals surface area contributed by atoms with E-state index in [-0.39, 0.29) is 23.2 Å². The fraction of sp³-hybridized carbons (Fsp3) is 0.310. The van der Waals surface area contributed by atoms with Crippen molar-refractivity contribution in [3.8, 4) is 0 Å². The van der Waals surface area contributed by atoms with E-state index < -0.39 is 10.0 Å². The topological polar surface area (TPSA) is 83.1 Å². The Morgan fingerprint density at radius 3 is 2.51 bits per heavy atom. The largest absolute Gasteiger partial charge is 0.379 e. The molecule has 216 valence electrons. The number of rotatable bonds is 8. The van der Waals surface area contributed by atoms with Gasteiger partial charge in [-0.3, -0.25) is 18.9 Å². The lowest BCUT2D eigenvalue weighted by Crippen LogP contribution is -2.39. The second-order valence-corrected chi connectivity index (χ2v) is 13.1. The molecule has 1 saturated heterocycles. The number of amides is 1. The highest BCUT2D eigenvalue weighted by molar-refractivity contribution is 7.92. The summed E-state index contributed by atoms with van der Waals surface area (Å²) in [5.41, 5.74) is 2.80. The minimum atomic E-state index is -3.75. The van der Waals surface area contributed by atoms with Crippen LogP contribution in [0.2, 0.25) is 5.02 Å². The van der Waals surface area contributed by atoms with Gasteiger partial charge in [-0.15, -0.1) is 12.4 Å². The van der Waals surface area contributed by atoms with E-state index in [1.807, 2.05) is 36.4 Å². The summed E-state index contributed by atoms with van der Waals surface area (Å²) >= 11 is 7.80. The van der Waals surface area contributed by atoms with E-state index in [0.29, 0.717) is 46.4 Å². The molecule has 0 unspecified atom stereocenters. The van der Waals surface area contributed by atoms with Gasteiger partial charge in [-0.2, -0.15) is 0 Å². The van der Waals surface area contributed by atoms with Crippen molar-refractivity contribution in [3.63, 3.8) is 0 Å². The molecular weight excluding hydrogens is 603 g/mol. The van der Waals surface area contributed by atoms with Crippen LogP contribution in [0.4, 0.5) is 10.8 Å². The van der Waals surface area contributed by atoms with Crippen molar-refractivity contribution < 1.29 is 17.9 Å². The second kappa shape index (κ2) is 12.6. The Bertz CT molecular complexity index is 1640. The number of thiazole rings is 1. The van der Waals surface area contributed by atoms with Gasteiger partial charge in [-0.05, 0) is 60.9 Å². The first kappa shape index (κ1) is 29.8. The quantitative estimate of drug-likeness (QED) is 0.255. The van der Waals surface area contributed by atoms with Gasteiger partial charge < -0.3 is 4.74 Å². The van der Waals surface area contributed by atoms with Gasteiger partial charge in [0.1, 0.15) is 5.52 Å². The molecule has 0 spiro atoms. The Labute approximate surface area is 254 Å². The van der Waals surface area contributed by atoms with Crippen LogP contribution in [0.3, 0.4) is 0 Å². The molecule has 4 aromatic rings. The number of hydrogen-bond donors (Lipinski definition) is 0. The van der Waals surface area contributed by atoms with E-state index in [1.54, 1.807) is 23.1 Å². The van der Waals surface area contributed by atoms with E-state index in [9.17, 15) is 13.2 Å². The Morgan fingerprint density at radius 2 is 1.76 bits per heavy atom. The smallest absolute Gasteiger partial charge is 0.264 e. The third kappa shape index (κ3) is 6.09. The Balaban J connectivity index is 0.00000337. The van der Waals surface area contributed by atoms with Crippen LogP contribution in [-0.2, 0) is 21.2 Å². The van der Waals surface area contributed by atoms with E-state index in [1.165, 1.54) is 27.8 Å². The molecule has 3 aromatic carbocycles. The number of benzene rings is 3. The molecule has 0 radical (unpaired) electrons. The number of hydrogen-bond acceptors (Lipinski definition) is 7. The lowest BCUT2D eigenvalue weighted by molar-refractivity contribution is 0.0376. The molecule has 1 aromatic heterocycles. The van der Waals surface area contributed by atoms with Crippen molar-refractivity contribution in [1.82, 2.24) is 9.88 Å². The van der Waals surface area contributed by atoms with E-state index in [2.05, 4.69) is 4.90 Å². The zero-order valence-electron chi connectivity index (χ0n) is 22.2. The van der Waals surface area contributed by atoms with Crippen LogP contribution in [0.25, 0.3) is 10.2 Å². The molecule has 0 aliphatic carbocycles. The van der Waals surface area contributed by atoms with Crippen LogP contribution < -0.4 is 9.21 Å². The molecule has 8 nitrogen and oxygen atoms in total. The van der Waals surface area contributed by atoms with Crippen molar-refractivity contribution in [3.05, 3.63) is 82.9 Å². The SMILES string of the molecule is Cl.O=C(c1ccc(S(=O)(=O)N2CCc3ccccc32)cc1)N(CCCN1CCOCC1)c1nc2c(Cl)cccc2s1. The standard InChI is InChI=1S/C29H29ClN4O4S2.ClH/c30-24-6-3-8-26-27(24)31-29(39-26)33(15-4-14-32-17-19-38-20-18-32)28(35)22-9-11-23(12-10-22)40(36,37)34-16-13-21-5-1-2-7-25(21)34;/h1-3,5-12H,4,13-20H2;1H. The van der Waals surface area contributed by atoms with Crippen LogP contribution in [0.5, 0.6) is 0 Å². The number of ether oxygens (including phenoxy) is 1. The average molecular weight is 634 g/mol. The number of aromatic nitrogens is 1. The molecule has 0 atom stereocenters. The first-order valence-corrected chi connectivity index (χ1v) is 15.9. The Hall–Kier alpha value is -2.73. The maximum atomic E-state index is 13.8. The van der Waals surface area contributed by atoms with E-state index in [4.69, 9.17) is 21.3 Å². The van der Waals surface area contributed by atoms with Gasteiger partial charge in [0.25, 0.3) is 15.9 Å². The Kier molecular flexibility index (Phi) is 9.18. The molecule has 0 N–H and O–H groups in total.